The fourth-order valence-electron chi connectivity index (χ4n) is 2.71. The predicted molar refractivity (Wildman–Crippen MR) is 97.9 cm³/mol. The van der Waals surface area contributed by atoms with Crippen LogP contribution in [0.2, 0.25) is 0 Å². The van der Waals surface area contributed by atoms with E-state index in [-0.39, 0.29) is 16.8 Å². The summed E-state index contributed by atoms with van der Waals surface area (Å²) in [5.74, 6) is -6.63. The van der Waals surface area contributed by atoms with Gasteiger partial charge in [-0.15, -0.1) is 0 Å². The highest BCUT2D eigenvalue weighted by Crippen LogP contribution is 2.29. The van der Waals surface area contributed by atoms with Crippen molar-refractivity contribution in [2.45, 2.75) is 6.43 Å². The second kappa shape index (κ2) is 8.44. The molecule has 0 aliphatic carbocycles. The van der Waals surface area contributed by atoms with E-state index in [1.165, 1.54) is 31.3 Å². The molecule has 0 atom stereocenters. The van der Waals surface area contributed by atoms with E-state index in [2.05, 4.69) is 10.4 Å². The van der Waals surface area contributed by atoms with E-state index in [1.54, 1.807) is 0 Å². The SMILES string of the molecule is Cn1cc(C(=O)Nc2ccccc2/C(F)=C/c2cc(F)c(F)c(F)c2)c(C(F)F)n1. The number of halogens is 6. The average Bonchev–Trinajstić information content (AvgIpc) is 3.08. The van der Waals surface area contributed by atoms with Crippen LogP contribution in [0.1, 0.15) is 33.6 Å². The van der Waals surface area contributed by atoms with Gasteiger partial charge >= 0.3 is 0 Å². The highest BCUT2D eigenvalue weighted by molar-refractivity contribution is 6.06. The third-order valence-electron chi connectivity index (χ3n) is 4.04. The van der Waals surface area contributed by atoms with Gasteiger partial charge in [0.1, 0.15) is 11.5 Å². The van der Waals surface area contributed by atoms with Crippen LogP contribution in [0.15, 0.2) is 42.6 Å². The van der Waals surface area contributed by atoms with Crippen molar-refractivity contribution >= 4 is 23.5 Å². The van der Waals surface area contributed by atoms with Gasteiger partial charge in [0.05, 0.1) is 11.3 Å². The third kappa shape index (κ3) is 4.37. The molecule has 156 valence electrons. The van der Waals surface area contributed by atoms with Crippen molar-refractivity contribution < 1.29 is 31.1 Å². The number of carbonyl (C=O) groups is 1. The molecular weight excluding hydrogens is 412 g/mol. The minimum absolute atomic E-state index is 0.0802. The number of benzene rings is 2. The van der Waals surface area contributed by atoms with Gasteiger partial charge in [-0.3, -0.25) is 9.48 Å². The highest BCUT2D eigenvalue weighted by Gasteiger charge is 2.23. The van der Waals surface area contributed by atoms with Gasteiger partial charge in [-0.25, -0.2) is 26.3 Å². The van der Waals surface area contributed by atoms with Crippen molar-refractivity contribution in [3.8, 4) is 0 Å². The Hall–Kier alpha value is -3.56. The van der Waals surface area contributed by atoms with Crippen molar-refractivity contribution in [2.24, 2.45) is 7.05 Å². The first-order valence-corrected chi connectivity index (χ1v) is 8.41. The number of hydrogen-bond acceptors (Lipinski definition) is 2. The molecule has 0 aliphatic rings. The van der Waals surface area contributed by atoms with Crippen LogP contribution in [0.4, 0.5) is 32.0 Å². The molecule has 1 amide bonds. The van der Waals surface area contributed by atoms with Crippen LogP contribution in [0.5, 0.6) is 0 Å². The van der Waals surface area contributed by atoms with Crippen LogP contribution in [0.25, 0.3) is 11.9 Å². The molecule has 0 unspecified atom stereocenters. The molecule has 0 fully saturated rings. The molecule has 4 nitrogen and oxygen atoms in total. The Labute approximate surface area is 166 Å². The van der Waals surface area contributed by atoms with Crippen LogP contribution in [-0.2, 0) is 7.05 Å². The van der Waals surface area contributed by atoms with E-state index >= 15 is 0 Å². The highest BCUT2D eigenvalue weighted by atomic mass is 19.3. The van der Waals surface area contributed by atoms with Crippen molar-refractivity contribution in [2.75, 3.05) is 5.32 Å². The van der Waals surface area contributed by atoms with Gasteiger partial charge in [0.2, 0.25) is 0 Å². The van der Waals surface area contributed by atoms with Crippen LogP contribution in [-0.4, -0.2) is 15.7 Å². The number of nitrogens with one attached hydrogen (secondary N) is 1. The fourth-order valence-corrected chi connectivity index (χ4v) is 2.71. The Kier molecular flexibility index (Phi) is 5.95. The zero-order chi connectivity index (χ0) is 22.0. The molecule has 3 aromatic rings. The molecule has 1 N–H and O–H groups in total. The topological polar surface area (TPSA) is 46.9 Å². The number of nitrogens with zero attached hydrogens (tertiary/aromatic N) is 2. The standard InChI is InChI=1S/C20H13F6N3O/c1-29-9-12(18(28-29)19(25)26)20(30)27-16-5-3-2-4-11(16)13(21)6-10-7-14(22)17(24)15(23)8-10/h2-9,19H,1H3,(H,27,30)/b13-6-. The Morgan fingerprint density at radius 2 is 1.73 bits per heavy atom. The van der Waals surface area contributed by atoms with Crippen LogP contribution in [0.3, 0.4) is 0 Å². The van der Waals surface area contributed by atoms with Crippen molar-refractivity contribution in [3.05, 3.63) is 82.4 Å². The molecule has 0 radical (unpaired) electrons. The number of anilines is 1. The van der Waals surface area contributed by atoms with Gasteiger partial charge in [0.15, 0.2) is 17.5 Å². The van der Waals surface area contributed by atoms with E-state index in [9.17, 15) is 31.1 Å². The molecule has 0 saturated carbocycles. The lowest BCUT2D eigenvalue weighted by molar-refractivity contribution is 0.101. The monoisotopic (exact) mass is 425 g/mol. The maximum absolute atomic E-state index is 14.7. The summed E-state index contributed by atoms with van der Waals surface area (Å²) in [6.07, 6.45) is -1.16. The third-order valence-corrected chi connectivity index (χ3v) is 4.04. The molecule has 30 heavy (non-hydrogen) atoms. The molecule has 0 saturated heterocycles. The van der Waals surface area contributed by atoms with Gasteiger partial charge in [-0.1, -0.05) is 12.1 Å². The lowest BCUT2D eigenvalue weighted by Crippen LogP contribution is -2.14. The molecule has 10 heteroatoms. The van der Waals surface area contributed by atoms with Gasteiger partial charge < -0.3 is 5.32 Å². The van der Waals surface area contributed by atoms with Crippen molar-refractivity contribution in [3.63, 3.8) is 0 Å². The summed E-state index contributed by atoms with van der Waals surface area (Å²) < 4.78 is 81.7. The molecule has 0 aliphatic heterocycles. The summed E-state index contributed by atoms with van der Waals surface area (Å²) in [6, 6.07) is 6.66. The first-order chi connectivity index (χ1) is 14.2. The van der Waals surface area contributed by atoms with Gasteiger partial charge in [0, 0.05) is 18.8 Å². The van der Waals surface area contributed by atoms with Crippen molar-refractivity contribution in [1.29, 1.82) is 0 Å². The van der Waals surface area contributed by atoms with E-state index in [0.29, 0.717) is 12.1 Å². The summed E-state index contributed by atoms with van der Waals surface area (Å²) in [5.41, 5.74) is -1.69. The smallest absolute Gasteiger partial charge is 0.282 e. The van der Waals surface area contributed by atoms with Crippen LogP contribution in [0, 0.1) is 17.5 Å². The summed E-state index contributed by atoms with van der Waals surface area (Å²) in [5, 5.41) is 5.85. The summed E-state index contributed by atoms with van der Waals surface area (Å²) in [4.78, 5) is 12.4. The zero-order valence-electron chi connectivity index (χ0n) is 15.3. The number of rotatable bonds is 5. The van der Waals surface area contributed by atoms with E-state index in [1.807, 2.05) is 0 Å². The molecule has 3 rings (SSSR count). The predicted octanol–water partition coefficient (Wildman–Crippen LogP) is 5.49. The minimum Gasteiger partial charge on any atom is -0.321 e. The minimum atomic E-state index is -3.00. The Morgan fingerprint density at radius 1 is 1.10 bits per heavy atom. The zero-order valence-corrected chi connectivity index (χ0v) is 15.3. The van der Waals surface area contributed by atoms with Gasteiger partial charge in [-0.05, 0) is 35.9 Å². The Bertz CT molecular complexity index is 1120. The first kappa shape index (κ1) is 21.2. The molecular formula is C20H13F6N3O. The van der Waals surface area contributed by atoms with Crippen LogP contribution < -0.4 is 5.32 Å². The second-order valence-electron chi connectivity index (χ2n) is 6.19. The van der Waals surface area contributed by atoms with E-state index < -0.39 is 46.9 Å². The fraction of sp³-hybridized carbons (Fsp3) is 0.100. The molecule has 1 heterocycles. The quantitative estimate of drug-likeness (QED) is 0.334. The molecule has 2 aromatic carbocycles. The number of amides is 1. The lowest BCUT2D eigenvalue weighted by Gasteiger charge is -2.10. The average molecular weight is 425 g/mol. The number of aryl methyl sites for hydroxylation is 1. The number of para-hydroxylation sites is 1. The van der Waals surface area contributed by atoms with Crippen molar-refractivity contribution in [1.82, 2.24) is 9.78 Å². The number of carbonyl (C=O) groups excluding carboxylic acids is 1. The maximum Gasteiger partial charge on any atom is 0.282 e. The summed E-state index contributed by atoms with van der Waals surface area (Å²) in [6.45, 7) is 0. The number of aromatic nitrogens is 2. The Balaban J connectivity index is 1.94. The van der Waals surface area contributed by atoms with E-state index in [4.69, 9.17) is 0 Å². The first-order valence-electron chi connectivity index (χ1n) is 8.41. The van der Waals surface area contributed by atoms with Gasteiger partial charge in [-0.2, -0.15) is 5.10 Å². The summed E-state index contributed by atoms with van der Waals surface area (Å²) >= 11 is 0. The summed E-state index contributed by atoms with van der Waals surface area (Å²) in [7, 11) is 1.36. The maximum atomic E-state index is 14.7. The molecule has 0 bridgehead atoms. The number of hydrogen-bond donors (Lipinski definition) is 1. The second-order valence-corrected chi connectivity index (χ2v) is 6.19. The van der Waals surface area contributed by atoms with Crippen LogP contribution >= 0.6 is 0 Å². The Morgan fingerprint density at radius 3 is 2.37 bits per heavy atom. The van der Waals surface area contributed by atoms with Gasteiger partial charge in [0.25, 0.3) is 12.3 Å². The largest absolute Gasteiger partial charge is 0.321 e. The number of alkyl halides is 2. The lowest BCUT2D eigenvalue weighted by atomic mass is 10.1. The molecule has 0 spiro atoms. The van der Waals surface area contributed by atoms with E-state index in [0.717, 1.165) is 17.0 Å². The molecule has 1 aromatic heterocycles. The normalized spacial score (nSPS) is 11.8.